The van der Waals surface area contributed by atoms with E-state index in [1.165, 1.54) is 0 Å². The van der Waals surface area contributed by atoms with Gasteiger partial charge in [-0.05, 0) is 31.1 Å². The predicted octanol–water partition coefficient (Wildman–Crippen LogP) is 3.40. The Kier molecular flexibility index (Phi) is 7.26. The van der Waals surface area contributed by atoms with Crippen LogP contribution in [0.4, 0.5) is 0 Å². The van der Waals surface area contributed by atoms with Crippen LogP contribution in [-0.2, 0) is 14.3 Å². The number of carbonyl (C=O) groups is 1. The van der Waals surface area contributed by atoms with Gasteiger partial charge in [0.25, 0.3) is 0 Å². The third-order valence-corrected chi connectivity index (χ3v) is 3.54. The number of hydrogen-bond acceptors (Lipinski definition) is 4. The van der Waals surface area contributed by atoms with E-state index in [9.17, 15) is 4.79 Å². The van der Waals surface area contributed by atoms with Gasteiger partial charge in [-0.2, -0.15) is 0 Å². The van der Waals surface area contributed by atoms with Gasteiger partial charge in [-0.25, -0.2) is 9.79 Å². The van der Waals surface area contributed by atoms with Gasteiger partial charge < -0.3 is 14.6 Å². The molecule has 1 aliphatic carbocycles. The van der Waals surface area contributed by atoms with Gasteiger partial charge >= 0.3 is 12.1 Å². The summed E-state index contributed by atoms with van der Waals surface area (Å²) in [7, 11) is 0. The lowest BCUT2D eigenvalue weighted by molar-refractivity contribution is -0.140. The largest absolute Gasteiger partial charge is 0.479 e. The van der Waals surface area contributed by atoms with Crippen LogP contribution in [0.25, 0.3) is 0 Å². The Balaban J connectivity index is 2.54. The molecule has 0 atom stereocenters. The first-order valence-corrected chi connectivity index (χ1v) is 7.59. The van der Waals surface area contributed by atoms with Crippen molar-refractivity contribution in [2.24, 2.45) is 10.4 Å². The Morgan fingerprint density at radius 1 is 1.38 bits per heavy atom. The first-order chi connectivity index (χ1) is 9.93. The van der Waals surface area contributed by atoms with Crippen molar-refractivity contribution in [2.75, 3.05) is 13.2 Å². The summed E-state index contributed by atoms with van der Waals surface area (Å²) in [6, 6.07) is 0.199. The minimum absolute atomic E-state index is 0.0305. The Hall–Kier alpha value is -1.52. The van der Waals surface area contributed by atoms with E-state index < -0.39 is 12.6 Å². The van der Waals surface area contributed by atoms with E-state index in [0.29, 0.717) is 6.61 Å². The number of carboxylic acids is 1. The fourth-order valence-electron chi connectivity index (χ4n) is 2.24. The minimum atomic E-state index is -1.02. The van der Waals surface area contributed by atoms with Gasteiger partial charge in [-0.15, -0.1) is 6.58 Å². The molecule has 0 aromatic heterocycles. The van der Waals surface area contributed by atoms with Gasteiger partial charge in [0.05, 0.1) is 12.6 Å². The number of allylic oxidation sites excluding steroid dienone is 1. The van der Waals surface area contributed by atoms with E-state index in [0.717, 1.165) is 38.5 Å². The van der Waals surface area contributed by atoms with Crippen molar-refractivity contribution in [2.45, 2.75) is 58.4 Å². The van der Waals surface area contributed by atoms with Crippen LogP contribution >= 0.6 is 0 Å². The van der Waals surface area contributed by atoms with E-state index in [-0.39, 0.29) is 17.5 Å². The zero-order valence-electron chi connectivity index (χ0n) is 13.1. The highest BCUT2D eigenvalue weighted by atomic mass is 16.7. The zero-order valence-corrected chi connectivity index (χ0v) is 13.1. The highest BCUT2D eigenvalue weighted by Crippen LogP contribution is 2.24. The molecule has 0 radical (unpaired) electrons. The maximum atomic E-state index is 10.6. The average molecular weight is 297 g/mol. The smallest absolute Gasteiger partial charge is 0.384 e. The molecule has 5 nitrogen and oxygen atoms in total. The number of nitrogens with zero attached hydrogens (tertiary/aromatic N) is 1. The summed E-state index contributed by atoms with van der Waals surface area (Å²) in [5.74, 6) is -1.02. The molecule has 1 N–H and O–H groups in total. The molecule has 1 saturated carbocycles. The molecule has 1 aliphatic rings. The van der Waals surface area contributed by atoms with Crippen LogP contribution in [0.2, 0.25) is 0 Å². The van der Waals surface area contributed by atoms with Gasteiger partial charge in [-0.3, -0.25) is 0 Å². The molecular formula is C16H27NO4. The topological polar surface area (TPSA) is 68.1 Å². The summed E-state index contributed by atoms with van der Waals surface area (Å²) < 4.78 is 10.8. The van der Waals surface area contributed by atoms with Crippen molar-refractivity contribution in [1.29, 1.82) is 0 Å². The highest BCUT2D eigenvalue weighted by molar-refractivity contribution is 5.74. The molecule has 0 heterocycles. The second kappa shape index (κ2) is 8.70. The number of carboxylic acid groups (broad SMARTS) is 1. The number of rotatable bonds is 8. The number of hydrogen-bond donors (Lipinski definition) is 1. The second-order valence-corrected chi connectivity index (χ2v) is 6.30. The molecule has 0 unspecified atom stereocenters. The second-order valence-electron chi connectivity index (χ2n) is 6.30. The summed E-state index contributed by atoms with van der Waals surface area (Å²) in [5, 5.41) is 8.72. The Morgan fingerprint density at radius 3 is 2.62 bits per heavy atom. The molecule has 5 heteroatoms. The van der Waals surface area contributed by atoms with Gasteiger partial charge in [0, 0.05) is 0 Å². The lowest BCUT2D eigenvalue weighted by Gasteiger charge is -2.24. The fraction of sp³-hybridized carbons (Fsp3) is 0.750. The third-order valence-electron chi connectivity index (χ3n) is 3.54. The van der Waals surface area contributed by atoms with Gasteiger partial charge in [0.1, 0.15) is 0 Å². The molecule has 0 aromatic carbocycles. The fourth-order valence-corrected chi connectivity index (χ4v) is 2.24. The Labute approximate surface area is 127 Å². The normalized spacial score (nSPS) is 16.8. The van der Waals surface area contributed by atoms with Crippen LogP contribution in [0.15, 0.2) is 17.6 Å². The van der Waals surface area contributed by atoms with Crippen molar-refractivity contribution in [3.63, 3.8) is 0 Å². The molecule has 120 valence electrons. The number of aliphatic carboxylic acids is 1. The Morgan fingerprint density at radius 2 is 2.05 bits per heavy atom. The molecule has 0 aliphatic heterocycles. The van der Waals surface area contributed by atoms with E-state index in [4.69, 9.17) is 14.6 Å². The summed E-state index contributed by atoms with van der Waals surface area (Å²) in [5.41, 5.74) is -0.0305. The molecule has 0 aromatic rings. The van der Waals surface area contributed by atoms with Crippen molar-refractivity contribution < 1.29 is 19.4 Å². The Bertz CT molecular complexity index is 370. The van der Waals surface area contributed by atoms with E-state index in [1.807, 2.05) is 6.08 Å². The third kappa shape index (κ3) is 7.73. The average Bonchev–Trinajstić information content (AvgIpc) is 2.92. The molecule has 1 fully saturated rings. The van der Waals surface area contributed by atoms with Crippen LogP contribution in [0, 0.1) is 5.41 Å². The standard InChI is InChI=1S/C16H27NO4/c1-4-5-10-16(2,3)12-21-15(20-11-14(18)19)17-13-8-6-7-9-13/h4,13H,1,5-12H2,2-3H3,(H,18,19). The molecule has 1 rings (SSSR count). The minimum Gasteiger partial charge on any atom is -0.479 e. The first kappa shape index (κ1) is 17.5. The van der Waals surface area contributed by atoms with Crippen molar-refractivity contribution >= 4 is 12.1 Å². The zero-order chi connectivity index (χ0) is 15.7. The molecular weight excluding hydrogens is 270 g/mol. The maximum Gasteiger partial charge on any atom is 0.384 e. The number of aliphatic imine (C=N–C) groups is 1. The van der Waals surface area contributed by atoms with Crippen LogP contribution in [-0.4, -0.2) is 36.4 Å². The van der Waals surface area contributed by atoms with Gasteiger partial charge in [0.15, 0.2) is 6.61 Å². The SMILES string of the molecule is C=CCCC(C)(C)COC(=NC1CCCC1)OCC(=O)O. The van der Waals surface area contributed by atoms with E-state index in [1.54, 1.807) is 0 Å². The lowest BCUT2D eigenvalue weighted by Crippen LogP contribution is -2.25. The monoisotopic (exact) mass is 297 g/mol. The summed E-state index contributed by atoms with van der Waals surface area (Å²) in [6.07, 6.45) is 8.22. The van der Waals surface area contributed by atoms with Gasteiger partial charge in [0.2, 0.25) is 0 Å². The quantitative estimate of drug-likeness (QED) is 0.423. The molecule has 0 bridgehead atoms. The van der Waals surface area contributed by atoms with Gasteiger partial charge in [-0.1, -0.05) is 32.8 Å². The highest BCUT2D eigenvalue weighted by Gasteiger charge is 2.21. The maximum absolute atomic E-state index is 10.6. The van der Waals surface area contributed by atoms with Crippen molar-refractivity contribution in [1.82, 2.24) is 0 Å². The summed E-state index contributed by atoms with van der Waals surface area (Å²) in [4.78, 5) is 15.1. The number of ether oxygens (including phenoxy) is 2. The van der Waals surface area contributed by atoms with Crippen molar-refractivity contribution in [3.8, 4) is 0 Å². The predicted molar refractivity (Wildman–Crippen MR) is 82.4 cm³/mol. The molecule has 0 saturated heterocycles. The van der Waals surface area contributed by atoms with Crippen LogP contribution < -0.4 is 0 Å². The first-order valence-electron chi connectivity index (χ1n) is 7.59. The van der Waals surface area contributed by atoms with Crippen LogP contribution in [0.3, 0.4) is 0 Å². The molecule has 0 amide bonds. The molecule has 21 heavy (non-hydrogen) atoms. The summed E-state index contributed by atoms with van der Waals surface area (Å²) >= 11 is 0. The van der Waals surface area contributed by atoms with Crippen LogP contribution in [0.1, 0.15) is 52.4 Å². The van der Waals surface area contributed by atoms with Crippen molar-refractivity contribution in [3.05, 3.63) is 12.7 Å². The van der Waals surface area contributed by atoms with E-state index in [2.05, 4.69) is 25.4 Å². The van der Waals surface area contributed by atoms with E-state index >= 15 is 0 Å². The molecule has 0 spiro atoms. The summed E-state index contributed by atoms with van der Waals surface area (Å²) in [6.45, 7) is 7.95. The van der Waals surface area contributed by atoms with Crippen LogP contribution in [0.5, 0.6) is 0 Å². The lowest BCUT2D eigenvalue weighted by atomic mass is 9.89.